The van der Waals surface area contributed by atoms with Crippen LogP contribution in [0.2, 0.25) is 0 Å². The van der Waals surface area contributed by atoms with E-state index in [2.05, 4.69) is 23.8 Å². The summed E-state index contributed by atoms with van der Waals surface area (Å²) in [6, 6.07) is 2.02. The van der Waals surface area contributed by atoms with Crippen molar-refractivity contribution in [2.24, 2.45) is 0 Å². The Labute approximate surface area is 106 Å². The van der Waals surface area contributed by atoms with Gasteiger partial charge in [-0.1, -0.05) is 12.8 Å². The molecule has 0 radical (unpaired) electrons. The molecule has 0 aromatic heterocycles. The normalized spacial score (nSPS) is 34.1. The molecule has 2 atom stereocenters. The number of rotatable bonds is 3. The second-order valence-corrected chi connectivity index (χ2v) is 5.90. The van der Waals surface area contributed by atoms with Gasteiger partial charge in [0.25, 0.3) is 0 Å². The van der Waals surface area contributed by atoms with Crippen LogP contribution in [0, 0.1) is 0 Å². The molecule has 0 spiro atoms. The van der Waals surface area contributed by atoms with Crippen LogP contribution in [0.1, 0.15) is 45.4 Å². The van der Waals surface area contributed by atoms with Crippen molar-refractivity contribution in [2.45, 2.75) is 63.6 Å². The summed E-state index contributed by atoms with van der Waals surface area (Å²) in [5, 5.41) is 9.22. The third-order valence-corrected chi connectivity index (χ3v) is 4.85. The van der Waals surface area contributed by atoms with Crippen LogP contribution in [0.4, 0.5) is 0 Å². The fraction of sp³-hybridized carbons (Fsp3) is 1.00. The van der Waals surface area contributed by atoms with Gasteiger partial charge in [0, 0.05) is 31.3 Å². The fourth-order valence-corrected chi connectivity index (χ4v) is 3.45. The lowest BCUT2D eigenvalue weighted by Crippen LogP contribution is -2.44. The smallest absolute Gasteiger partial charge is 0.0446 e. The van der Waals surface area contributed by atoms with Gasteiger partial charge in [-0.25, -0.2) is 0 Å². The molecule has 17 heavy (non-hydrogen) atoms. The number of likely N-dealkylation sites (N-methyl/N-ethyl adjacent to an activating group) is 1. The summed E-state index contributed by atoms with van der Waals surface area (Å²) in [7, 11) is 2.23. The van der Waals surface area contributed by atoms with Gasteiger partial charge in [-0.3, -0.25) is 9.80 Å². The molecule has 2 rings (SSSR count). The van der Waals surface area contributed by atoms with Crippen molar-refractivity contribution in [3.8, 4) is 0 Å². The summed E-state index contributed by atoms with van der Waals surface area (Å²) in [6.45, 7) is 5.05. The lowest BCUT2D eigenvalue weighted by molar-refractivity contribution is 0.127. The van der Waals surface area contributed by atoms with E-state index < -0.39 is 0 Å². The zero-order valence-corrected chi connectivity index (χ0v) is 11.4. The first-order chi connectivity index (χ1) is 8.22. The highest BCUT2D eigenvalue weighted by Gasteiger charge is 2.30. The van der Waals surface area contributed by atoms with Crippen molar-refractivity contribution >= 4 is 0 Å². The molecule has 0 aromatic rings. The average molecular weight is 240 g/mol. The quantitative estimate of drug-likeness (QED) is 0.813. The third kappa shape index (κ3) is 3.21. The molecule has 1 heterocycles. The van der Waals surface area contributed by atoms with Gasteiger partial charge in [-0.05, 0) is 46.2 Å². The second-order valence-electron chi connectivity index (χ2n) is 5.90. The molecule has 0 amide bonds. The Balaban J connectivity index is 1.99. The SMILES string of the molecule is CC1CCN(C2CCCC2)CC(CCO)N1C. The minimum absolute atomic E-state index is 0.320. The average Bonchev–Trinajstić information content (AvgIpc) is 2.81. The number of nitrogens with zero attached hydrogens (tertiary/aromatic N) is 2. The van der Waals surface area contributed by atoms with Gasteiger partial charge in [0.05, 0.1) is 0 Å². The van der Waals surface area contributed by atoms with E-state index in [0.29, 0.717) is 18.7 Å². The topological polar surface area (TPSA) is 26.7 Å². The van der Waals surface area contributed by atoms with E-state index in [4.69, 9.17) is 0 Å². The molecule has 1 saturated carbocycles. The standard InChI is InChI=1S/C14H28N2O/c1-12-7-9-16(13-5-3-4-6-13)11-14(8-10-17)15(12)2/h12-14,17H,3-11H2,1-2H3. The molecule has 3 heteroatoms. The maximum Gasteiger partial charge on any atom is 0.0446 e. The summed E-state index contributed by atoms with van der Waals surface area (Å²) in [6.07, 6.45) is 7.81. The van der Waals surface area contributed by atoms with Crippen LogP contribution in [0.25, 0.3) is 0 Å². The molecular formula is C14H28N2O. The van der Waals surface area contributed by atoms with Crippen molar-refractivity contribution in [1.29, 1.82) is 0 Å². The Hall–Kier alpha value is -0.120. The highest BCUT2D eigenvalue weighted by atomic mass is 16.3. The van der Waals surface area contributed by atoms with Crippen molar-refractivity contribution in [2.75, 3.05) is 26.7 Å². The van der Waals surface area contributed by atoms with Gasteiger partial charge in [0.1, 0.15) is 0 Å². The van der Waals surface area contributed by atoms with E-state index in [-0.39, 0.29) is 0 Å². The largest absolute Gasteiger partial charge is 0.396 e. The van der Waals surface area contributed by atoms with Crippen molar-refractivity contribution in [1.82, 2.24) is 9.80 Å². The number of hydrogen-bond acceptors (Lipinski definition) is 3. The van der Waals surface area contributed by atoms with E-state index in [9.17, 15) is 5.11 Å². The lowest BCUT2D eigenvalue weighted by Gasteiger charge is -2.33. The Bertz CT molecular complexity index is 228. The Morgan fingerprint density at radius 3 is 2.53 bits per heavy atom. The number of aliphatic hydroxyl groups excluding tert-OH is 1. The number of hydrogen-bond donors (Lipinski definition) is 1. The molecule has 1 saturated heterocycles. The van der Waals surface area contributed by atoms with Crippen LogP contribution >= 0.6 is 0 Å². The molecule has 3 nitrogen and oxygen atoms in total. The fourth-order valence-electron chi connectivity index (χ4n) is 3.45. The van der Waals surface area contributed by atoms with Crippen LogP contribution in [0.5, 0.6) is 0 Å². The van der Waals surface area contributed by atoms with Gasteiger partial charge in [0.15, 0.2) is 0 Å². The minimum Gasteiger partial charge on any atom is -0.396 e. The monoisotopic (exact) mass is 240 g/mol. The van der Waals surface area contributed by atoms with E-state index in [1.54, 1.807) is 0 Å². The van der Waals surface area contributed by atoms with Crippen LogP contribution in [-0.2, 0) is 0 Å². The van der Waals surface area contributed by atoms with Crippen LogP contribution < -0.4 is 0 Å². The molecular weight excluding hydrogens is 212 g/mol. The van der Waals surface area contributed by atoms with Gasteiger partial charge in [0.2, 0.25) is 0 Å². The highest BCUT2D eigenvalue weighted by molar-refractivity contribution is 4.87. The minimum atomic E-state index is 0.320. The lowest BCUT2D eigenvalue weighted by atomic mass is 10.1. The Kier molecular flexibility index (Phi) is 4.83. The summed E-state index contributed by atoms with van der Waals surface area (Å²) in [4.78, 5) is 5.18. The van der Waals surface area contributed by atoms with Gasteiger partial charge in [-0.2, -0.15) is 0 Å². The molecule has 1 aliphatic heterocycles. The predicted octanol–water partition coefficient (Wildman–Crippen LogP) is 1.71. The molecule has 1 aliphatic carbocycles. The summed E-state index contributed by atoms with van der Waals surface area (Å²) >= 11 is 0. The molecule has 2 unspecified atom stereocenters. The number of aliphatic hydroxyl groups is 1. The predicted molar refractivity (Wildman–Crippen MR) is 71.2 cm³/mol. The van der Waals surface area contributed by atoms with Crippen LogP contribution in [-0.4, -0.2) is 59.8 Å². The first kappa shape index (κ1) is 13.3. The van der Waals surface area contributed by atoms with E-state index in [1.807, 2.05) is 0 Å². The highest BCUT2D eigenvalue weighted by Crippen LogP contribution is 2.27. The molecule has 2 aliphatic rings. The molecule has 1 N–H and O–H groups in total. The van der Waals surface area contributed by atoms with Gasteiger partial charge < -0.3 is 5.11 Å². The van der Waals surface area contributed by atoms with E-state index in [0.717, 1.165) is 19.0 Å². The first-order valence-corrected chi connectivity index (χ1v) is 7.29. The zero-order chi connectivity index (χ0) is 12.3. The summed E-state index contributed by atoms with van der Waals surface area (Å²) in [5.41, 5.74) is 0. The van der Waals surface area contributed by atoms with Gasteiger partial charge >= 0.3 is 0 Å². The Morgan fingerprint density at radius 1 is 1.18 bits per heavy atom. The van der Waals surface area contributed by atoms with Gasteiger partial charge in [-0.15, -0.1) is 0 Å². The molecule has 2 fully saturated rings. The first-order valence-electron chi connectivity index (χ1n) is 7.29. The zero-order valence-electron chi connectivity index (χ0n) is 11.4. The van der Waals surface area contributed by atoms with E-state index in [1.165, 1.54) is 38.6 Å². The van der Waals surface area contributed by atoms with Crippen molar-refractivity contribution in [3.63, 3.8) is 0 Å². The van der Waals surface area contributed by atoms with Crippen LogP contribution in [0.3, 0.4) is 0 Å². The molecule has 0 aromatic carbocycles. The van der Waals surface area contributed by atoms with Crippen molar-refractivity contribution in [3.05, 3.63) is 0 Å². The second kappa shape index (κ2) is 6.17. The van der Waals surface area contributed by atoms with Crippen molar-refractivity contribution < 1.29 is 5.11 Å². The van der Waals surface area contributed by atoms with E-state index >= 15 is 0 Å². The summed E-state index contributed by atoms with van der Waals surface area (Å²) < 4.78 is 0. The maximum atomic E-state index is 9.22. The Morgan fingerprint density at radius 2 is 1.88 bits per heavy atom. The summed E-state index contributed by atoms with van der Waals surface area (Å²) in [5.74, 6) is 0. The maximum absolute atomic E-state index is 9.22. The van der Waals surface area contributed by atoms with Crippen LogP contribution in [0.15, 0.2) is 0 Å². The molecule has 100 valence electrons. The molecule has 0 bridgehead atoms. The third-order valence-electron chi connectivity index (χ3n) is 4.85.